The lowest BCUT2D eigenvalue weighted by molar-refractivity contribution is -0.125. The fourth-order valence-corrected chi connectivity index (χ4v) is 1.47. The second-order valence-corrected chi connectivity index (χ2v) is 3.22. The van der Waals surface area contributed by atoms with Crippen molar-refractivity contribution in [3.05, 3.63) is 0 Å². The molecule has 0 saturated carbocycles. The van der Waals surface area contributed by atoms with Crippen LogP contribution < -0.4 is 5.32 Å². The van der Waals surface area contributed by atoms with Crippen molar-refractivity contribution in [3.63, 3.8) is 0 Å². The van der Waals surface area contributed by atoms with Crippen molar-refractivity contribution in [3.8, 4) is 0 Å². The Morgan fingerprint density at radius 1 is 0.769 bits per heavy atom. The normalized spacial score (nSPS) is 46.4. The van der Waals surface area contributed by atoms with Crippen LogP contribution in [0, 0.1) is 0 Å². The first-order valence-corrected chi connectivity index (χ1v) is 4.13. The smallest absolute Gasteiger partial charge is 0.109 e. The van der Waals surface area contributed by atoms with Crippen LogP contribution in [0.15, 0.2) is 0 Å². The topological polar surface area (TPSA) is 113 Å². The monoisotopic (exact) mass is 193 g/mol. The van der Waals surface area contributed by atoms with Gasteiger partial charge in [-0.2, -0.15) is 0 Å². The molecule has 0 spiro atoms. The minimum Gasteiger partial charge on any atom is -0.395 e. The fourth-order valence-electron chi connectivity index (χ4n) is 1.47. The van der Waals surface area contributed by atoms with Crippen molar-refractivity contribution < 1.29 is 25.5 Å². The average molecular weight is 193 g/mol. The summed E-state index contributed by atoms with van der Waals surface area (Å²) in [6, 6.07) is -1.42. The number of nitrogens with one attached hydrogen (secondary N) is 1. The molecule has 0 aromatic heterocycles. The summed E-state index contributed by atoms with van der Waals surface area (Å²) in [4.78, 5) is 0. The second kappa shape index (κ2) is 4.32. The maximum atomic E-state index is 9.31. The molecule has 6 heteroatoms. The van der Waals surface area contributed by atoms with E-state index in [-0.39, 0.29) is 13.2 Å². The van der Waals surface area contributed by atoms with Crippen LogP contribution in [0.5, 0.6) is 0 Å². The molecular weight excluding hydrogens is 178 g/mol. The molecule has 13 heavy (non-hydrogen) atoms. The van der Waals surface area contributed by atoms with E-state index in [9.17, 15) is 15.3 Å². The van der Waals surface area contributed by atoms with Gasteiger partial charge in [0.2, 0.25) is 0 Å². The van der Waals surface area contributed by atoms with Crippen LogP contribution in [-0.2, 0) is 0 Å². The van der Waals surface area contributed by atoms with Gasteiger partial charge >= 0.3 is 0 Å². The lowest BCUT2D eigenvalue weighted by atomic mass is 9.91. The lowest BCUT2D eigenvalue weighted by Crippen LogP contribution is -2.66. The van der Waals surface area contributed by atoms with Gasteiger partial charge in [0.1, 0.15) is 6.10 Å². The maximum Gasteiger partial charge on any atom is 0.109 e. The number of hydrogen-bond acceptors (Lipinski definition) is 6. The molecule has 1 aliphatic rings. The number of aliphatic hydroxyl groups is 5. The average Bonchev–Trinajstić information content (AvgIpc) is 2.15. The zero-order valence-electron chi connectivity index (χ0n) is 7.04. The van der Waals surface area contributed by atoms with Crippen molar-refractivity contribution in [2.75, 3.05) is 13.2 Å². The third-order valence-corrected chi connectivity index (χ3v) is 2.35. The first kappa shape index (κ1) is 10.8. The van der Waals surface area contributed by atoms with Crippen LogP contribution in [0.1, 0.15) is 0 Å². The Morgan fingerprint density at radius 3 is 1.46 bits per heavy atom. The molecule has 1 saturated heterocycles. The molecule has 0 bridgehead atoms. The standard InChI is InChI=1S/C7H15NO5/c9-1-3-5(11)7(13)6(12)4(2-10)8-3/h3-13H,1-2H2/t3-,4?,5-,6+,7+/m1/s1. The first-order chi connectivity index (χ1) is 6.11. The Balaban J connectivity index is 2.66. The van der Waals surface area contributed by atoms with E-state index in [0.717, 1.165) is 0 Å². The summed E-state index contributed by atoms with van der Waals surface area (Å²) in [5.74, 6) is 0. The minimum atomic E-state index is -1.34. The van der Waals surface area contributed by atoms with Crippen LogP contribution in [0.2, 0.25) is 0 Å². The summed E-state index contributed by atoms with van der Waals surface area (Å²) in [5, 5.41) is 48.1. The molecule has 0 aliphatic carbocycles. The third-order valence-electron chi connectivity index (χ3n) is 2.35. The van der Waals surface area contributed by atoms with Crippen LogP contribution in [0.3, 0.4) is 0 Å². The van der Waals surface area contributed by atoms with E-state index in [1.165, 1.54) is 0 Å². The fraction of sp³-hybridized carbons (Fsp3) is 1.00. The van der Waals surface area contributed by atoms with E-state index in [4.69, 9.17) is 10.2 Å². The van der Waals surface area contributed by atoms with E-state index in [1.54, 1.807) is 0 Å². The van der Waals surface area contributed by atoms with Crippen LogP contribution >= 0.6 is 0 Å². The molecule has 78 valence electrons. The summed E-state index contributed by atoms with van der Waals surface area (Å²) < 4.78 is 0. The predicted molar refractivity (Wildman–Crippen MR) is 42.9 cm³/mol. The first-order valence-electron chi connectivity index (χ1n) is 4.13. The lowest BCUT2D eigenvalue weighted by Gasteiger charge is -2.40. The Morgan fingerprint density at radius 2 is 1.15 bits per heavy atom. The van der Waals surface area contributed by atoms with Crippen molar-refractivity contribution in [2.24, 2.45) is 0 Å². The molecule has 6 nitrogen and oxygen atoms in total. The highest BCUT2D eigenvalue weighted by molar-refractivity contribution is 4.97. The highest BCUT2D eigenvalue weighted by Gasteiger charge is 2.41. The van der Waals surface area contributed by atoms with E-state index < -0.39 is 30.4 Å². The van der Waals surface area contributed by atoms with E-state index >= 15 is 0 Å². The van der Waals surface area contributed by atoms with Gasteiger partial charge in [0.15, 0.2) is 0 Å². The summed E-state index contributed by atoms with van der Waals surface area (Å²) in [5.41, 5.74) is 0. The van der Waals surface area contributed by atoms with Crippen LogP contribution in [-0.4, -0.2) is 69.1 Å². The Labute approximate surface area is 75.4 Å². The molecular formula is C7H15NO5. The quantitative estimate of drug-likeness (QED) is 0.270. The van der Waals surface area contributed by atoms with Gasteiger partial charge in [0.05, 0.1) is 37.5 Å². The highest BCUT2D eigenvalue weighted by Crippen LogP contribution is 2.14. The molecule has 1 rings (SSSR count). The highest BCUT2D eigenvalue weighted by atomic mass is 16.4. The van der Waals surface area contributed by atoms with Gasteiger partial charge in [-0.25, -0.2) is 0 Å². The summed E-state index contributed by atoms with van der Waals surface area (Å²) >= 11 is 0. The third kappa shape index (κ3) is 1.98. The zero-order chi connectivity index (χ0) is 10.0. The molecule has 0 amide bonds. The molecule has 0 aromatic rings. The Kier molecular flexibility index (Phi) is 3.60. The SMILES string of the molecule is OCC1N[C@H](CO)[C@@H](O)[C@H](O)[C@H]1O. The second-order valence-electron chi connectivity index (χ2n) is 3.22. The van der Waals surface area contributed by atoms with Gasteiger partial charge in [0.25, 0.3) is 0 Å². The van der Waals surface area contributed by atoms with E-state index in [0.29, 0.717) is 0 Å². The molecule has 1 aliphatic heterocycles. The Hall–Kier alpha value is -0.240. The van der Waals surface area contributed by atoms with Crippen molar-refractivity contribution in [2.45, 2.75) is 30.4 Å². The molecule has 6 N–H and O–H groups in total. The maximum absolute atomic E-state index is 9.31. The molecule has 5 atom stereocenters. The minimum absolute atomic E-state index is 0.360. The van der Waals surface area contributed by atoms with Gasteiger partial charge in [-0.1, -0.05) is 0 Å². The van der Waals surface area contributed by atoms with Crippen molar-refractivity contribution in [1.82, 2.24) is 5.32 Å². The van der Waals surface area contributed by atoms with Gasteiger partial charge in [-0.15, -0.1) is 0 Å². The molecule has 0 aromatic carbocycles. The van der Waals surface area contributed by atoms with Crippen LogP contribution in [0.25, 0.3) is 0 Å². The van der Waals surface area contributed by atoms with Gasteiger partial charge in [-0.3, -0.25) is 0 Å². The van der Waals surface area contributed by atoms with Crippen molar-refractivity contribution >= 4 is 0 Å². The van der Waals surface area contributed by atoms with Gasteiger partial charge in [0, 0.05) is 0 Å². The van der Waals surface area contributed by atoms with Gasteiger partial charge < -0.3 is 30.8 Å². The van der Waals surface area contributed by atoms with Crippen LogP contribution in [0.4, 0.5) is 0 Å². The van der Waals surface area contributed by atoms with Crippen molar-refractivity contribution in [1.29, 1.82) is 0 Å². The van der Waals surface area contributed by atoms with Gasteiger partial charge in [-0.05, 0) is 0 Å². The number of piperidine rings is 1. The zero-order valence-corrected chi connectivity index (χ0v) is 7.04. The Bertz CT molecular complexity index is 147. The molecule has 1 fully saturated rings. The summed E-state index contributed by atoms with van der Waals surface area (Å²) in [7, 11) is 0. The summed E-state index contributed by atoms with van der Waals surface area (Å²) in [6.07, 6.45) is -3.78. The van der Waals surface area contributed by atoms with E-state index in [1.807, 2.05) is 0 Å². The van der Waals surface area contributed by atoms with E-state index in [2.05, 4.69) is 5.32 Å². The summed E-state index contributed by atoms with van der Waals surface area (Å²) in [6.45, 7) is -0.719. The molecule has 1 unspecified atom stereocenters. The largest absolute Gasteiger partial charge is 0.395 e. The molecule has 1 heterocycles. The predicted octanol–water partition coefficient (Wildman–Crippen LogP) is -3.61. The number of hydrogen-bond donors (Lipinski definition) is 6. The molecule has 0 radical (unpaired) electrons. The number of rotatable bonds is 2. The number of aliphatic hydroxyl groups excluding tert-OH is 5.